The van der Waals surface area contributed by atoms with Gasteiger partial charge in [-0.15, -0.1) is 0 Å². The molecule has 0 bridgehead atoms. The highest BCUT2D eigenvalue weighted by molar-refractivity contribution is 6.06. The number of carbonyl (C=O) groups excluding carboxylic acids is 3. The number of carbonyl (C=O) groups is 3. The van der Waals surface area contributed by atoms with Gasteiger partial charge in [-0.05, 0) is 49.7 Å². The Labute approximate surface area is 145 Å². The molecule has 2 aromatic rings. The molecule has 0 unspecified atom stereocenters. The van der Waals surface area contributed by atoms with E-state index >= 15 is 0 Å². The second kappa shape index (κ2) is 6.39. The van der Waals surface area contributed by atoms with Crippen LogP contribution in [0.3, 0.4) is 0 Å². The molecule has 6 nitrogen and oxygen atoms in total. The van der Waals surface area contributed by atoms with E-state index in [2.05, 4.69) is 16.0 Å². The summed E-state index contributed by atoms with van der Waals surface area (Å²) in [5, 5.41) is 8.13. The van der Waals surface area contributed by atoms with Crippen LogP contribution >= 0.6 is 0 Å². The van der Waals surface area contributed by atoms with Crippen molar-refractivity contribution < 1.29 is 14.4 Å². The Balaban J connectivity index is 1.62. The average molecular weight is 337 g/mol. The van der Waals surface area contributed by atoms with Gasteiger partial charge in [0.25, 0.3) is 5.91 Å². The quantitative estimate of drug-likeness (QED) is 0.800. The van der Waals surface area contributed by atoms with Crippen LogP contribution in [0.15, 0.2) is 48.5 Å². The van der Waals surface area contributed by atoms with Crippen LogP contribution in [0.25, 0.3) is 0 Å². The van der Waals surface area contributed by atoms with Crippen molar-refractivity contribution in [2.45, 2.75) is 19.3 Å². The highest BCUT2D eigenvalue weighted by Crippen LogP contribution is 2.38. The molecule has 25 heavy (non-hydrogen) atoms. The molecule has 1 heterocycles. The summed E-state index contributed by atoms with van der Waals surface area (Å²) in [6.07, 6.45) is 0. The summed E-state index contributed by atoms with van der Waals surface area (Å²) in [6, 6.07) is 14.0. The molecule has 0 spiro atoms. The SMILES string of the molecule is CC1(C)C(=O)Nc2ccc(NC(=O)CNC(=O)c3ccccc3)cc21. The second-order valence-electron chi connectivity index (χ2n) is 6.44. The van der Waals surface area contributed by atoms with Gasteiger partial charge in [0.05, 0.1) is 12.0 Å². The van der Waals surface area contributed by atoms with E-state index in [0.717, 1.165) is 11.3 Å². The normalized spacial score (nSPS) is 14.4. The Kier molecular flexibility index (Phi) is 4.27. The fourth-order valence-corrected chi connectivity index (χ4v) is 2.71. The maximum absolute atomic E-state index is 12.1. The third-order valence-electron chi connectivity index (χ3n) is 4.24. The van der Waals surface area contributed by atoms with Gasteiger partial charge >= 0.3 is 0 Å². The van der Waals surface area contributed by atoms with E-state index in [9.17, 15) is 14.4 Å². The zero-order valence-corrected chi connectivity index (χ0v) is 14.1. The first-order valence-corrected chi connectivity index (χ1v) is 7.97. The lowest BCUT2D eigenvalue weighted by molar-refractivity contribution is -0.119. The molecule has 0 saturated carbocycles. The van der Waals surface area contributed by atoms with Gasteiger partial charge in [0.1, 0.15) is 0 Å². The topological polar surface area (TPSA) is 87.3 Å². The molecule has 2 aromatic carbocycles. The van der Waals surface area contributed by atoms with Gasteiger partial charge in [0.15, 0.2) is 0 Å². The summed E-state index contributed by atoms with van der Waals surface area (Å²) in [6.45, 7) is 3.53. The lowest BCUT2D eigenvalue weighted by atomic mass is 9.86. The summed E-state index contributed by atoms with van der Waals surface area (Å²) in [7, 11) is 0. The summed E-state index contributed by atoms with van der Waals surface area (Å²) >= 11 is 0. The van der Waals surface area contributed by atoms with Crippen LogP contribution in [-0.2, 0) is 15.0 Å². The van der Waals surface area contributed by atoms with Gasteiger partial charge < -0.3 is 16.0 Å². The van der Waals surface area contributed by atoms with Crippen LogP contribution in [0.2, 0.25) is 0 Å². The smallest absolute Gasteiger partial charge is 0.251 e. The molecule has 3 N–H and O–H groups in total. The zero-order chi connectivity index (χ0) is 18.0. The molecule has 6 heteroatoms. The minimum atomic E-state index is -0.641. The number of nitrogens with one attached hydrogen (secondary N) is 3. The van der Waals surface area contributed by atoms with Gasteiger partial charge in [-0.1, -0.05) is 18.2 Å². The maximum atomic E-state index is 12.1. The van der Waals surface area contributed by atoms with Crippen LogP contribution in [-0.4, -0.2) is 24.3 Å². The van der Waals surface area contributed by atoms with E-state index in [-0.39, 0.29) is 24.3 Å². The fourth-order valence-electron chi connectivity index (χ4n) is 2.71. The molecule has 0 aromatic heterocycles. The Morgan fingerprint density at radius 3 is 2.52 bits per heavy atom. The lowest BCUT2D eigenvalue weighted by Crippen LogP contribution is -2.32. The molecular formula is C19H19N3O3. The Hall–Kier alpha value is -3.15. The number of amides is 3. The number of rotatable bonds is 4. The Morgan fingerprint density at radius 1 is 1.08 bits per heavy atom. The van der Waals surface area contributed by atoms with Crippen molar-refractivity contribution in [1.29, 1.82) is 0 Å². The van der Waals surface area contributed by atoms with Crippen molar-refractivity contribution in [3.05, 3.63) is 59.7 Å². The van der Waals surface area contributed by atoms with E-state index in [1.807, 2.05) is 19.9 Å². The molecule has 3 amide bonds. The predicted molar refractivity (Wildman–Crippen MR) is 95.5 cm³/mol. The molecule has 0 fully saturated rings. The number of hydrogen-bond donors (Lipinski definition) is 3. The number of benzene rings is 2. The van der Waals surface area contributed by atoms with E-state index in [1.54, 1.807) is 42.5 Å². The first-order chi connectivity index (χ1) is 11.9. The van der Waals surface area contributed by atoms with E-state index < -0.39 is 5.41 Å². The Bertz CT molecular complexity index is 844. The number of hydrogen-bond acceptors (Lipinski definition) is 3. The third-order valence-corrected chi connectivity index (χ3v) is 4.24. The molecule has 1 aliphatic rings. The van der Waals surface area contributed by atoms with Crippen LogP contribution in [0.5, 0.6) is 0 Å². The van der Waals surface area contributed by atoms with Crippen molar-refractivity contribution in [2.24, 2.45) is 0 Å². The van der Waals surface area contributed by atoms with Crippen molar-refractivity contribution in [3.8, 4) is 0 Å². The summed E-state index contributed by atoms with van der Waals surface area (Å²) in [5.74, 6) is -0.707. The van der Waals surface area contributed by atoms with E-state index in [4.69, 9.17) is 0 Å². The van der Waals surface area contributed by atoms with E-state index in [0.29, 0.717) is 11.3 Å². The van der Waals surface area contributed by atoms with Gasteiger partial charge in [0, 0.05) is 16.9 Å². The molecule has 1 aliphatic heterocycles. The van der Waals surface area contributed by atoms with Crippen LogP contribution < -0.4 is 16.0 Å². The molecule has 128 valence electrons. The van der Waals surface area contributed by atoms with E-state index in [1.165, 1.54) is 0 Å². The standard InChI is InChI=1S/C19H19N3O3/c1-19(2)14-10-13(8-9-15(14)22-18(19)25)21-16(23)11-20-17(24)12-6-4-3-5-7-12/h3-10H,11H2,1-2H3,(H,20,24)(H,21,23)(H,22,25). The van der Waals surface area contributed by atoms with Crippen molar-refractivity contribution in [3.63, 3.8) is 0 Å². The third kappa shape index (κ3) is 3.38. The summed E-state index contributed by atoms with van der Waals surface area (Å²) in [4.78, 5) is 36.0. The summed E-state index contributed by atoms with van der Waals surface area (Å²) < 4.78 is 0. The average Bonchev–Trinajstić information content (AvgIpc) is 2.83. The van der Waals surface area contributed by atoms with Gasteiger partial charge in [-0.25, -0.2) is 0 Å². The minimum absolute atomic E-state index is 0.0684. The van der Waals surface area contributed by atoms with Crippen LogP contribution in [0, 0.1) is 0 Å². The minimum Gasteiger partial charge on any atom is -0.343 e. The number of fused-ring (bicyclic) bond motifs is 1. The predicted octanol–water partition coefficient (Wildman–Crippen LogP) is 2.28. The molecule has 0 atom stereocenters. The highest BCUT2D eigenvalue weighted by Gasteiger charge is 2.38. The first-order valence-electron chi connectivity index (χ1n) is 7.97. The molecule has 0 saturated heterocycles. The summed E-state index contributed by atoms with van der Waals surface area (Å²) in [5.41, 5.74) is 2.04. The molecule has 0 radical (unpaired) electrons. The van der Waals surface area contributed by atoms with Crippen LogP contribution in [0.4, 0.5) is 11.4 Å². The van der Waals surface area contributed by atoms with Crippen molar-refractivity contribution >= 4 is 29.1 Å². The number of anilines is 2. The zero-order valence-electron chi connectivity index (χ0n) is 14.1. The largest absolute Gasteiger partial charge is 0.343 e. The monoisotopic (exact) mass is 337 g/mol. The second-order valence-corrected chi connectivity index (χ2v) is 6.44. The molecule has 3 rings (SSSR count). The van der Waals surface area contributed by atoms with Crippen LogP contribution in [0.1, 0.15) is 29.8 Å². The lowest BCUT2D eigenvalue weighted by Gasteiger charge is -2.16. The highest BCUT2D eigenvalue weighted by atomic mass is 16.2. The van der Waals surface area contributed by atoms with Crippen molar-refractivity contribution in [2.75, 3.05) is 17.2 Å². The maximum Gasteiger partial charge on any atom is 0.251 e. The van der Waals surface area contributed by atoms with Crippen molar-refractivity contribution in [1.82, 2.24) is 5.32 Å². The van der Waals surface area contributed by atoms with Gasteiger partial charge in [-0.3, -0.25) is 14.4 Å². The fraction of sp³-hybridized carbons (Fsp3) is 0.211. The first kappa shape index (κ1) is 16.7. The Morgan fingerprint density at radius 2 is 1.80 bits per heavy atom. The van der Waals surface area contributed by atoms with Gasteiger partial charge in [0.2, 0.25) is 11.8 Å². The molecule has 0 aliphatic carbocycles. The molecular weight excluding hydrogens is 318 g/mol. The van der Waals surface area contributed by atoms with Gasteiger partial charge in [-0.2, -0.15) is 0 Å².